The van der Waals surface area contributed by atoms with Gasteiger partial charge in [0, 0.05) is 0 Å². The molecule has 24 heavy (non-hydrogen) atoms. The zero-order valence-corrected chi connectivity index (χ0v) is 12.3. The number of carboxylic acid groups (broad SMARTS) is 1. The Morgan fingerprint density at radius 1 is 1.12 bits per heavy atom. The maximum absolute atomic E-state index is 11.5. The number of hydrogen-bond acceptors (Lipinski definition) is 7. The van der Waals surface area contributed by atoms with Gasteiger partial charge in [-0.15, -0.1) is 10.2 Å². The molecule has 0 aliphatic rings. The van der Waals surface area contributed by atoms with Crippen LogP contribution in [0.4, 0.5) is 27.8 Å². The minimum absolute atomic E-state index is 0.0122. The minimum Gasteiger partial charge on any atom is -0.506 e. The highest BCUT2D eigenvalue weighted by atomic mass is 16.4. The molecule has 10 heteroatoms. The maximum atomic E-state index is 11.5. The summed E-state index contributed by atoms with van der Waals surface area (Å²) in [5, 5.41) is 30.1. The number of phenolic OH excluding ortho intramolecular Hbond substituents is 1. The van der Waals surface area contributed by atoms with Gasteiger partial charge in [0.1, 0.15) is 29.5 Å². The summed E-state index contributed by atoms with van der Waals surface area (Å²) in [5.74, 6) is -0.458. The summed E-state index contributed by atoms with van der Waals surface area (Å²) in [6, 6.07) is 9.31. The molecule has 1 aromatic heterocycles. The number of azo groups is 1. The van der Waals surface area contributed by atoms with Crippen LogP contribution >= 0.6 is 0 Å². The second kappa shape index (κ2) is 7.54. The fourth-order valence-corrected chi connectivity index (χ4v) is 1.62. The number of aromatic nitrogens is 1. The Bertz CT molecular complexity index is 793. The average Bonchev–Trinajstić information content (AvgIpc) is 2.53. The third-order valence-electron chi connectivity index (χ3n) is 2.72. The Balaban J connectivity index is 2.06. The first-order valence-corrected chi connectivity index (χ1v) is 6.68. The van der Waals surface area contributed by atoms with Gasteiger partial charge in [0.05, 0.1) is 0 Å². The van der Waals surface area contributed by atoms with Crippen molar-refractivity contribution in [3.8, 4) is 5.75 Å². The van der Waals surface area contributed by atoms with Crippen molar-refractivity contribution in [1.82, 2.24) is 10.3 Å². The number of nitrogen functional groups attached to an aromatic ring is 1. The van der Waals surface area contributed by atoms with Gasteiger partial charge in [-0.05, 0) is 24.3 Å². The molecule has 2 rings (SSSR count). The normalized spacial score (nSPS) is 10.5. The Kier molecular flexibility index (Phi) is 5.24. The topological polar surface area (TPSA) is 162 Å². The lowest BCUT2D eigenvalue weighted by molar-refractivity contribution is -0.115. The number of benzene rings is 1. The lowest BCUT2D eigenvalue weighted by Gasteiger charge is -2.06. The molecule has 124 valence electrons. The number of carbonyl (C=O) groups excluding carboxylic acids is 1. The molecule has 6 N–H and O–H groups in total. The van der Waals surface area contributed by atoms with E-state index in [0.717, 1.165) is 0 Å². The van der Waals surface area contributed by atoms with Crippen molar-refractivity contribution in [2.75, 3.05) is 17.6 Å². The lowest BCUT2D eigenvalue weighted by Crippen LogP contribution is -2.31. The van der Waals surface area contributed by atoms with Crippen molar-refractivity contribution < 1.29 is 19.8 Å². The third-order valence-corrected chi connectivity index (χ3v) is 2.72. The number of para-hydroxylation sites is 1. The van der Waals surface area contributed by atoms with Gasteiger partial charge >= 0.3 is 6.09 Å². The number of hydrogen-bond donors (Lipinski definition) is 5. The number of nitrogens with zero attached hydrogens (tertiary/aromatic N) is 3. The summed E-state index contributed by atoms with van der Waals surface area (Å²) in [7, 11) is 0. The van der Waals surface area contributed by atoms with Crippen molar-refractivity contribution in [2.45, 2.75) is 0 Å². The van der Waals surface area contributed by atoms with E-state index in [1.54, 1.807) is 18.2 Å². The highest BCUT2D eigenvalue weighted by molar-refractivity contribution is 5.93. The van der Waals surface area contributed by atoms with E-state index in [1.165, 1.54) is 18.2 Å². The predicted molar refractivity (Wildman–Crippen MR) is 85.6 cm³/mol. The molecule has 0 aliphatic carbocycles. The second-order valence-electron chi connectivity index (χ2n) is 4.50. The van der Waals surface area contributed by atoms with Crippen LogP contribution in [0.15, 0.2) is 46.6 Å². The van der Waals surface area contributed by atoms with Gasteiger partial charge in [0.25, 0.3) is 0 Å². The highest BCUT2D eigenvalue weighted by Gasteiger charge is 2.07. The van der Waals surface area contributed by atoms with E-state index >= 15 is 0 Å². The molecule has 0 spiro atoms. The van der Waals surface area contributed by atoms with Crippen molar-refractivity contribution in [3.63, 3.8) is 0 Å². The maximum Gasteiger partial charge on any atom is 0.405 e. The molecule has 1 heterocycles. The Morgan fingerprint density at radius 3 is 2.50 bits per heavy atom. The van der Waals surface area contributed by atoms with Crippen molar-refractivity contribution in [3.05, 3.63) is 36.4 Å². The molecule has 0 saturated carbocycles. The number of anilines is 2. The first kappa shape index (κ1) is 16.7. The number of amides is 2. The predicted octanol–water partition coefficient (Wildman–Crippen LogP) is 1.99. The summed E-state index contributed by atoms with van der Waals surface area (Å²) in [6.45, 7) is -0.411. The average molecular weight is 330 g/mol. The molecule has 0 radical (unpaired) electrons. The number of phenols is 1. The van der Waals surface area contributed by atoms with Crippen LogP contribution in [0, 0.1) is 0 Å². The Hall–Kier alpha value is -3.69. The van der Waals surface area contributed by atoms with Crippen molar-refractivity contribution >= 4 is 35.0 Å². The second-order valence-corrected chi connectivity index (χ2v) is 4.50. The molecule has 0 aliphatic heterocycles. The van der Waals surface area contributed by atoms with E-state index < -0.39 is 18.5 Å². The van der Waals surface area contributed by atoms with Crippen molar-refractivity contribution in [1.29, 1.82) is 0 Å². The quantitative estimate of drug-likeness (QED) is 0.526. The van der Waals surface area contributed by atoms with Gasteiger partial charge in [-0.3, -0.25) is 4.79 Å². The molecule has 2 aromatic rings. The minimum atomic E-state index is -1.31. The SMILES string of the molecule is Nc1nc(NC(=O)CNC(=O)O)ccc1N=Nc1ccccc1O. The molecular weight excluding hydrogens is 316 g/mol. The van der Waals surface area contributed by atoms with Crippen molar-refractivity contribution in [2.24, 2.45) is 10.2 Å². The molecule has 0 saturated heterocycles. The summed E-state index contributed by atoms with van der Waals surface area (Å²) in [4.78, 5) is 25.7. The van der Waals surface area contributed by atoms with Crippen LogP contribution in [0.1, 0.15) is 0 Å². The van der Waals surface area contributed by atoms with Gasteiger partial charge < -0.3 is 26.6 Å². The lowest BCUT2D eigenvalue weighted by atomic mass is 10.3. The van der Waals surface area contributed by atoms with Gasteiger partial charge in [0.15, 0.2) is 5.82 Å². The van der Waals surface area contributed by atoms with E-state index in [1.807, 2.05) is 5.32 Å². The summed E-state index contributed by atoms with van der Waals surface area (Å²) < 4.78 is 0. The smallest absolute Gasteiger partial charge is 0.405 e. The third kappa shape index (κ3) is 4.66. The number of aromatic hydroxyl groups is 1. The number of nitrogens with one attached hydrogen (secondary N) is 2. The zero-order valence-electron chi connectivity index (χ0n) is 12.3. The number of nitrogens with two attached hydrogens (primary N) is 1. The van der Waals surface area contributed by atoms with E-state index in [4.69, 9.17) is 10.8 Å². The molecule has 0 fully saturated rings. The fraction of sp³-hybridized carbons (Fsp3) is 0.0714. The summed E-state index contributed by atoms with van der Waals surface area (Å²) in [5.41, 5.74) is 6.26. The highest BCUT2D eigenvalue weighted by Crippen LogP contribution is 2.29. The monoisotopic (exact) mass is 330 g/mol. The summed E-state index contributed by atoms with van der Waals surface area (Å²) >= 11 is 0. The zero-order chi connectivity index (χ0) is 17.5. The van der Waals surface area contributed by atoms with Crippen LogP contribution in [0.5, 0.6) is 5.75 Å². The van der Waals surface area contributed by atoms with Crippen LogP contribution in [0.3, 0.4) is 0 Å². The van der Waals surface area contributed by atoms with Gasteiger partial charge in [-0.1, -0.05) is 12.1 Å². The molecule has 2 amide bonds. The first-order valence-electron chi connectivity index (χ1n) is 6.68. The van der Waals surface area contributed by atoms with Gasteiger partial charge in [-0.2, -0.15) is 0 Å². The fourth-order valence-electron chi connectivity index (χ4n) is 1.62. The number of rotatable bonds is 5. The van der Waals surface area contributed by atoms with Gasteiger partial charge in [0.2, 0.25) is 5.91 Å². The van der Waals surface area contributed by atoms with Crippen LogP contribution in [-0.2, 0) is 4.79 Å². The first-order chi connectivity index (χ1) is 11.5. The van der Waals surface area contributed by atoms with Crippen LogP contribution in [-0.4, -0.2) is 33.7 Å². The number of pyridine rings is 1. The van der Waals surface area contributed by atoms with Gasteiger partial charge in [-0.25, -0.2) is 9.78 Å². The number of carbonyl (C=O) groups is 2. The van der Waals surface area contributed by atoms with E-state index in [-0.39, 0.29) is 28.8 Å². The Morgan fingerprint density at radius 2 is 1.83 bits per heavy atom. The molecule has 0 unspecified atom stereocenters. The van der Waals surface area contributed by atoms with E-state index in [9.17, 15) is 14.7 Å². The standard InChI is InChI=1S/C14H14N6O4/c15-13-9(20-19-8-3-1-2-4-10(8)21)5-6-11(18-13)17-12(22)7-16-14(23)24/h1-6,16,21H,7H2,(H,23,24)(H3,15,17,18,22). The molecule has 0 bridgehead atoms. The van der Waals surface area contributed by atoms with Crippen LogP contribution < -0.4 is 16.4 Å². The van der Waals surface area contributed by atoms with Crippen LogP contribution in [0.2, 0.25) is 0 Å². The van der Waals surface area contributed by atoms with E-state index in [2.05, 4.69) is 20.5 Å². The molecular formula is C14H14N6O4. The molecule has 1 aromatic carbocycles. The largest absolute Gasteiger partial charge is 0.506 e. The summed E-state index contributed by atoms with van der Waals surface area (Å²) in [6.07, 6.45) is -1.31. The molecule has 0 atom stereocenters. The Labute approximate surface area is 136 Å². The van der Waals surface area contributed by atoms with E-state index in [0.29, 0.717) is 0 Å². The molecule has 10 nitrogen and oxygen atoms in total. The van der Waals surface area contributed by atoms with Crippen LogP contribution in [0.25, 0.3) is 0 Å².